The van der Waals surface area contributed by atoms with E-state index in [4.69, 9.17) is 18.1 Å². The monoisotopic (exact) mass is 246 g/mol. The van der Waals surface area contributed by atoms with Crippen LogP contribution in [-0.2, 0) is 0 Å². The van der Waals surface area contributed by atoms with Crippen LogP contribution in [0.1, 0.15) is 52.0 Å². The molecule has 0 unspecified atom stereocenters. The molecule has 0 aliphatic heterocycles. The maximum Gasteiger partial charge on any atom is 0.113 e. The Morgan fingerprint density at radius 2 is 1.56 bits per heavy atom. The fourth-order valence-electron chi connectivity index (χ4n) is 1.23. The maximum atomic E-state index is 9.10. The summed E-state index contributed by atoms with van der Waals surface area (Å²) >= 11 is 0. The van der Waals surface area contributed by atoms with E-state index in [1.165, 1.54) is 18.4 Å². The van der Waals surface area contributed by atoms with E-state index in [0.717, 1.165) is 11.4 Å². The zero-order valence-corrected chi connectivity index (χ0v) is 11.8. The quantitative estimate of drug-likeness (QED) is 0.782. The van der Waals surface area contributed by atoms with Crippen LogP contribution in [0.2, 0.25) is 0 Å². The van der Waals surface area contributed by atoms with Crippen LogP contribution in [0.15, 0.2) is 24.3 Å². The summed E-state index contributed by atoms with van der Waals surface area (Å²) in [4.78, 5) is 0. The van der Waals surface area contributed by atoms with E-state index >= 15 is 0 Å². The van der Waals surface area contributed by atoms with Gasteiger partial charge in [0.25, 0.3) is 0 Å². The predicted octanol–water partition coefficient (Wildman–Crippen LogP) is 1.89. The van der Waals surface area contributed by atoms with Gasteiger partial charge >= 0.3 is 0 Å². The molecule has 0 atom stereocenters. The number of hydrogen-bond donors (Lipinski definition) is 2. The highest BCUT2D eigenvalue weighted by Gasteiger charge is 2.31. The van der Waals surface area contributed by atoms with E-state index in [-0.39, 0.29) is 0 Å². The standard InChI is InChI=1S/C9H9B.C6H14O2/c10-9-3-1-2-8(6-9)7-4-5-7;1-5(2,7)6(3,4)8/h1-3,6-7H,4-5H2;7-8H,1-4H3. The molecule has 1 saturated carbocycles. The molecule has 98 valence electrons. The molecule has 0 amide bonds. The molecular formula is C15H23BO2. The Bertz CT molecular complexity index is 372. The van der Waals surface area contributed by atoms with Crippen molar-refractivity contribution < 1.29 is 10.2 Å². The average Bonchev–Trinajstić information content (AvgIpc) is 2.98. The van der Waals surface area contributed by atoms with Gasteiger partial charge in [-0.3, -0.25) is 0 Å². The third-order valence-corrected chi connectivity index (χ3v) is 3.46. The van der Waals surface area contributed by atoms with Crippen LogP contribution in [0.3, 0.4) is 0 Å². The summed E-state index contributed by atoms with van der Waals surface area (Å²) in [6.07, 6.45) is 2.70. The van der Waals surface area contributed by atoms with Gasteiger partial charge in [0, 0.05) is 0 Å². The van der Waals surface area contributed by atoms with Crippen LogP contribution in [0, 0.1) is 0 Å². The van der Waals surface area contributed by atoms with Crippen molar-refractivity contribution in [2.24, 2.45) is 0 Å². The van der Waals surface area contributed by atoms with Gasteiger partial charge in [-0.15, -0.1) is 0 Å². The van der Waals surface area contributed by atoms with E-state index in [1.807, 2.05) is 12.1 Å². The van der Waals surface area contributed by atoms with Crippen LogP contribution in [0.25, 0.3) is 0 Å². The van der Waals surface area contributed by atoms with Gasteiger partial charge in [-0.1, -0.05) is 29.7 Å². The summed E-state index contributed by atoms with van der Waals surface area (Å²) in [6, 6.07) is 8.21. The Morgan fingerprint density at radius 3 is 1.89 bits per heavy atom. The fourth-order valence-corrected chi connectivity index (χ4v) is 1.23. The molecule has 0 heterocycles. The maximum absolute atomic E-state index is 9.10. The van der Waals surface area contributed by atoms with E-state index in [0.29, 0.717) is 0 Å². The molecule has 1 fully saturated rings. The predicted molar refractivity (Wildman–Crippen MR) is 76.4 cm³/mol. The van der Waals surface area contributed by atoms with Crippen LogP contribution in [-0.4, -0.2) is 29.3 Å². The molecule has 2 nitrogen and oxygen atoms in total. The molecule has 3 heteroatoms. The smallest absolute Gasteiger partial charge is 0.113 e. The van der Waals surface area contributed by atoms with Crippen molar-refractivity contribution in [3.63, 3.8) is 0 Å². The summed E-state index contributed by atoms with van der Waals surface area (Å²) in [6.45, 7) is 6.31. The van der Waals surface area contributed by atoms with Gasteiger partial charge in [-0.05, 0) is 52.0 Å². The first-order chi connectivity index (χ1) is 8.11. The van der Waals surface area contributed by atoms with E-state index in [2.05, 4.69) is 12.1 Å². The number of rotatable bonds is 2. The molecule has 0 aromatic heterocycles. The summed E-state index contributed by atoms with van der Waals surface area (Å²) < 4.78 is 0. The molecule has 0 saturated heterocycles. The van der Waals surface area contributed by atoms with Crippen molar-refractivity contribution in [2.75, 3.05) is 0 Å². The first-order valence-corrected chi connectivity index (χ1v) is 6.41. The zero-order valence-electron chi connectivity index (χ0n) is 11.8. The first-order valence-electron chi connectivity index (χ1n) is 6.41. The normalized spacial score (nSPS) is 15.9. The molecule has 0 spiro atoms. The lowest BCUT2D eigenvalue weighted by atomic mass is 9.90. The van der Waals surface area contributed by atoms with Gasteiger partial charge in [0.2, 0.25) is 0 Å². The second-order valence-corrected chi connectivity index (χ2v) is 6.06. The topological polar surface area (TPSA) is 40.5 Å². The van der Waals surface area contributed by atoms with Crippen molar-refractivity contribution in [3.8, 4) is 0 Å². The molecule has 1 aliphatic rings. The lowest BCUT2D eigenvalue weighted by Crippen LogP contribution is -2.44. The SMILES string of the molecule is CC(C)(O)C(C)(C)O.[B]c1cccc(C2CC2)c1. The second-order valence-electron chi connectivity index (χ2n) is 6.06. The van der Waals surface area contributed by atoms with Crippen molar-refractivity contribution in [1.29, 1.82) is 0 Å². The van der Waals surface area contributed by atoms with Gasteiger partial charge in [0.15, 0.2) is 0 Å². The molecule has 2 radical (unpaired) electrons. The summed E-state index contributed by atoms with van der Waals surface area (Å²) in [5.74, 6) is 0.823. The minimum absolute atomic E-state index is 0.823. The Balaban J connectivity index is 0.000000187. The third kappa shape index (κ3) is 4.83. The molecule has 0 bridgehead atoms. The van der Waals surface area contributed by atoms with Crippen LogP contribution >= 0.6 is 0 Å². The molecule has 2 rings (SSSR count). The molecule has 1 aliphatic carbocycles. The number of hydrogen-bond acceptors (Lipinski definition) is 2. The van der Waals surface area contributed by atoms with Gasteiger partial charge in [0.1, 0.15) is 7.85 Å². The highest BCUT2D eigenvalue weighted by atomic mass is 16.3. The van der Waals surface area contributed by atoms with Crippen LogP contribution < -0.4 is 5.46 Å². The number of aliphatic hydroxyl groups is 2. The van der Waals surface area contributed by atoms with Crippen LogP contribution in [0.5, 0.6) is 0 Å². The van der Waals surface area contributed by atoms with E-state index in [1.54, 1.807) is 27.7 Å². The van der Waals surface area contributed by atoms with E-state index < -0.39 is 11.2 Å². The summed E-state index contributed by atoms with van der Waals surface area (Å²) in [5, 5.41) is 18.2. The molecule has 1 aromatic carbocycles. The van der Waals surface area contributed by atoms with E-state index in [9.17, 15) is 0 Å². The summed E-state index contributed by atoms with van der Waals surface area (Å²) in [7, 11) is 5.62. The van der Waals surface area contributed by atoms with Gasteiger partial charge in [0.05, 0.1) is 11.2 Å². The van der Waals surface area contributed by atoms with Crippen molar-refractivity contribution in [1.82, 2.24) is 0 Å². The molecular weight excluding hydrogens is 223 g/mol. The highest BCUT2D eigenvalue weighted by molar-refractivity contribution is 6.32. The van der Waals surface area contributed by atoms with Crippen molar-refractivity contribution >= 4 is 13.3 Å². The molecule has 2 N–H and O–H groups in total. The fraction of sp³-hybridized carbons (Fsp3) is 0.600. The van der Waals surface area contributed by atoms with Crippen LogP contribution in [0.4, 0.5) is 0 Å². The molecule has 18 heavy (non-hydrogen) atoms. The second kappa shape index (κ2) is 5.46. The summed E-state index contributed by atoms with van der Waals surface area (Å²) in [5.41, 5.74) is 0.296. The lowest BCUT2D eigenvalue weighted by Gasteiger charge is -2.31. The Hall–Kier alpha value is -0.795. The largest absolute Gasteiger partial charge is 0.387 e. The van der Waals surface area contributed by atoms with Gasteiger partial charge < -0.3 is 10.2 Å². The van der Waals surface area contributed by atoms with Crippen molar-refractivity contribution in [3.05, 3.63) is 29.8 Å². The highest BCUT2D eigenvalue weighted by Crippen LogP contribution is 2.39. The minimum atomic E-state index is -1.01. The minimum Gasteiger partial charge on any atom is -0.387 e. The Kier molecular flexibility index (Phi) is 4.63. The average molecular weight is 246 g/mol. The van der Waals surface area contributed by atoms with Gasteiger partial charge in [-0.25, -0.2) is 0 Å². The Morgan fingerprint density at radius 1 is 1.06 bits per heavy atom. The molecule has 1 aromatic rings. The lowest BCUT2D eigenvalue weighted by molar-refractivity contribution is -0.107. The third-order valence-electron chi connectivity index (χ3n) is 3.46. The Labute approximate surface area is 111 Å². The number of benzene rings is 1. The zero-order chi connectivity index (χ0) is 14.0. The van der Waals surface area contributed by atoms with Gasteiger partial charge in [-0.2, -0.15) is 0 Å². The van der Waals surface area contributed by atoms with Crippen molar-refractivity contribution in [2.45, 2.75) is 57.7 Å². The first kappa shape index (κ1) is 15.3.